The van der Waals surface area contributed by atoms with Crippen LogP contribution in [0.1, 0.15) is 69.8 Å². The van der Waals surface area contributed by atoms with E-state index in [-0.39, 0.29) is 18.7 Å². The van der Waals surface area contributed by atoms with E-state index in [0.717, 1.165) is 30.9 Å². The number of fused-ring (bicyclic) bond motifs is 1. The number of amides is 1. The standard InChI is InChI=1S/C24H36N4O3/c1-4-6-8-12-28(13-9-7-5-2)16-18(3)25-24(29)21-15-20(26-27-21)19-10-11-22-23(14-19)31-17-30-22/h10-11,14-15,18H,4-9,12-13,16-17H2,1-3H3,(H,25,29)(H,26,27). The van der Waals surface area contributed by atoms with Gasteiger partial charge < -0.3 is 19.7 Å². The molecule has 1 aliphatic rings. The van der Waals surface area contributed by atoms with Crippen LogP contribution in [0.3, 0.4) is 0 Å². The third-order valence-corrected chi connectivity index (χ3v) is 5.56. The Labute approximate surface area is 185 Å². The largest absolute Gasteiger partial charge is 0.454 e. The molecule has 1 unspecified atom stereocenters. The molecule has 170 valence electrons. The quantitative estimate of drug-likeness (QED) is 0.456. The summed E-state index contributed by atoms with van der Waals surface area (Å²) in [6.07, 6.45) is 7.37. The summed E-state index contributed by atoms with van der Waals surface area (Å²) >= 11 is 0. The predicted molar refractivity (Wildman–Crippen MR) is 123 cm³/mol. The number of carbonyl (C=O) groups is 1. The van der Waals surface area contributed by atoms with Gasteiger partial charge in [0.1, 0.15) is 5.69 Å². The highest BCUT2D eigenvalue weighted by Gasteiger charge is 2.18. The summed E-state index contributed by atoms with van der Waals surface area (Å²) in [5.74, 6) is 1.30. The zero-order valence-corrected chi connectivity index (χ0v) is 19.1. The molecular weight excluding hydrogens is 392 g/mol. The molecule has 0 saturated carbocycles. The molecule has 3 rings (SSSR count). The smallest absolute Gasteiger partial charge is 0.269 e. The molecular formula is C24H36N4O3. The fraction of sp³-hybridized carbons (Fsp3) is 0.583. The van der Waals surface area contributed by atoms with Gasteiger partial charge in [-0.1, -0.05) is 39.5 Å². The number of hydrogen-bond acceptors (Lipinski definition) is 5. The molecule has 0 spiro atoms. The molecule has 2 heterocycles. The van der Waals surface area contributed by atoms with Crippen LogP contribution >= 0.6 is 0 Å². The lowest BCUT2D eigenvalue weighted by molar-refractivity contribution is 0.0923. The molecule has 2 aromatic rings. The lowest BCUT2D eigenvalue weighted by Crippen LogP contribution is -2.42. The summed E-state index contributed by atoms with van der Waals surface area (Å²) < 4.78 is 10.8. The van der Waals surface area contributed by atoms with Crippen molar-refractivity contribution in [3.63, 3.8) is 0 Å². The van der Waals surface area contributed by atoms with E-state index in [4.69, 9.17) is 9.47 Å². The molecule has 0 saturated heterocycles. The number of unbranched alkanes of at least 4 members (excludes halogenated alkanes) is 4. The van der Waals surface area contributed by atoms with Crippen LogP contribution in [0.2, 0.25) is 0 Å². The Morgan fingerprint density at radius 1 is 1.10 bits per heavy atom. The van der Waals surface area contributed by atoms with Gasteiger partial charge in [0.05, 0.1) is 5.69 Å². The lowest BCUT2D eigenvalue weighted by atomic mass is 10.1. The average Bonchev–Trinajstić information content (AvgIpc) is 3.43. The Balaban J connectivity index is 1.54. The van der Waals surface area contributed by atoms with Crippen LogP contribution in [-0.4, -0.2) is 53.5 Å². The second kappa shape index (κ2) is 11.7. The molecule has 2 N–H and O–H groups in total. The van der Waals surface area contributed by atoms with E-state index >= 15 is 0 Å². The molecule has 7 nitrogen and oxygen atoms in total. The molecule has 7 heteroatoms. The first-order valence-corrected chi connectivity index (χ1v) is 11.6. The van der Waals surface area contributed by atoms with Crippen LogP contribution < -0.4 is 14.8 Å². The molecule has 0 aliphatic carbocycles. The third kappa shape index (κ3) is 6.72. The number of aromatic amines is 1. The van der Waals surface area contributed by atoms with Crippen molar-refractivity contribution in [3.8, 4) is 22.8 Å². The number of nitrogens with zero attached hydrogens (tertiary/aromatic N) is 2. The maximum atomic E-state index is 12.7. The fourth-order valence-electron chi connectivity index (χ4n) is 3.84. The van der Waals surface area contributed by atoms with Gasteiger partial charge in [0.15, 0.2) is 11.5 Å². The maximum absolute atomic E-state index is 12.7. The summed E-state index contributed by atoms with van der Waals surface area (Å²) in [6, 6.07) is 7.50. The first-order chi connectivity index (χ1) is 15.1. The van der Waals surface area contributed by atoms with E-state index in [1.807, 2.05) is 18.2 Å². The number of carbonyl (C=O) groups excluding carboxylic acids is 1. The molecule has 0 bridgehead atoms. The minimum absolute atomic E-state index is 0.0630. The molecule has 31 heavy (non-hydrogen) atoms. The first kappa shape index (κ1) is 23.1. The van der Waals surface area contributed by atoms with Crippen molar-refractivity contribution in [3.05, 3.63) is 30.0 Å². The molecule has 1 aliphatic heterocycles. The minimum Gasteiger partial charge on any atom is -0.454 e. The van der Waals surface area contributed by atoms with E-state index in [1.54, 1.807) is 6.07 Å². The molecule has 0 fully saturated rings. The maximum Gasteiger partial charge on any atom is 0.269 e. The van der Waals surface area contributed by atoms with E-state index < -0.39 is 0 Å². The molecule has 1 atom stereocenters. The van der Waals surface area contributed by atoms with E-state index in [1.165, 1.54) is 38.5 Å². The predicted octanol–water partition coefficient (Wildman–Crippen LogP) is 4.61. The van der Waals surface area contributed by atoms with Gasteiger partial charge in [0, 0.05) is 18.2 Å². The number of hydrogen-bond donors (Lipinski definition) is 2. The van der Waals surface area contributed by atoms with E-state index in [9.17, 15) is 4.79 Å². The van der Waals surface area contributed by atoms with Gasteiger partial charge in [-0.25, -0.2) is 0 Å². The second-order valence-electron chi connectivity index (χ2n) is 8.32. The summed E-state index contributed by atoms with van der Waals surface area (Å²) in [5, 5.41) is 10.3. The number of ether oxygens (including phenoxy) is 2. The van der Waals surface area contributed by atoms with Gasteiger partial charge >= 0.3 is 0 Å². The van der Waals surface area contributed by atoms with Crippen LogP contribution in [0.4, 0.5) is 0 Å². The highest BCUT2D eigenvalue weighted by atomic mass is 16.7. The Hall–Kier alpha value is -2.54. The topological polar surface area (TPSA) is 79.5 Å². The highest BCUT2D eigenvalue weighted by Crippen LogP contribution is 2.35. The van der Waals surface area contributed by atoms with Crippen molar-refractivity contribution in [1.29, 1.82) is 0 Å². The van der Waals surface area contributed by atoms with Crippen LogP contribution in [0.5, 0.6) is 11.5 Å². The first-order valence-electron chi connectivity index (χ1n) is 11.6. The van der Waals surface area contributed by atoms with Gasteiger partial charge in [-0.05, 0) is 57.1 Å². The fourth-order valence-corrected chi connectivity index (χ4v) is 3.84. The molecule has 1 aromatic carbocycles. The zero-order valence-electron chi connectivity index (χ0n) is 19.1. The third-order valence-electron chi connectivity index (χ3n) is 5.56. The van der Waals surface area contributed by atoms with Gasteiger partial charge in [-0.2, -0.15) is 5.10 Å². The Morgan fingerprint density at radius 2 is 1.81 bits per heavy atom. The number of benzene rings is 1. The van der Waals surface area contributed by atoms with Crippen molar-refractivity contribution < 1.29 is 14.3 Å². The minimum atomic E-state index is -0.131. The Kier molecular flexibility index (Phi) is 8.76. The summed E-state index contributed by atoms with van der Waals surface area (Å²) in [5.41, 5.74) is 2.05. The Bertz CT molecular complexity index is 826. The van der Waals surface area contributed by atoms with Crippen molar-refractivity contribution in [2.45, 2.75) is 65.3 Å². The van der Waals surface area contributed by atoms with Gasteiger partial charge in [-0.3, -0.25) is 9.89 Å². The monoisotopic (exact) mass is 428 g/mol. The lowest BCUT2D eigenvalue weighted by Gasteiger charge is -2.26. The van der Waals surface area contributed by atoms with Crippen LogP contribution in [0, 0.1) is 0 Å². The van der Waals surface area contributed by atoms with E-state index in [0.29, 0.717) is 17.1 Å². The summed E-state index contributed by atoms with van der Waals surface area (Å²) in [4.78, 5) is 15.2. The number of nitrogens with one attached hydrogen (secondary N) is 2. The normalized spacial score (nSPS) is 13.5. The van der Waals surface area contributed by atoms with Gasteiger partial charge in [0.25, 0.3) is 5.91 Å². The van der Waals surface area contributed by atoms with Crippen LogP contribution in [0.25, 0.3) is 11.3 Å². The van der Waals surface area contributed by atoms with Crippen molar-refractivity contribution >= 4 is 5.91 Å². The summed E-state index contributed by atoms with van der Waals surface area (Å²) in [7, 11) is 0. The zero-order chi connectivity index (χ0) is 22.1. The molecule has 1 amide bonds. The highest BCUT2D eigenvalue weighted by molar-refractivity contribution is 5.93. The Morgan fingerprint density at radius 3 is 2.52 bits per heavy atom. The summed E-state index contributed by atoms with van der Waals surface area (Å²) in [6.45, 7) is 9.81. The van der Waals surface area contributed by atoms with Crippen LogP contribution in [-0.2, 0) is 0 Å². The average molecular weight is 429 g/mol. The van der Waals surface area contributed by atoms with Crippen molar-refractivity contribution in [2.75, 3.05) is 26.4 Å². The van der Waals surface area contributed by atoms with Gasteiger partial charge in [-0.15, -0.1) is 0 Å². The van der Waals surface area contributed by atoms with Crippen molar-refractivity contribution in [1.82, 2.24) is 20.4 Å². The number of H-pyrrole nitrogens is 1. The number of rotatable bonds is 13. The van der Waals surface area contributed by atoms with E-state index in [2.05, 4.69) is 41.2 Å². The van der Waals surface area contributed by atoms with Crippen molar-refractivity contribution in [2.24, 2.45) is 0 Å². The number of aromatic nitrogens is 2. The SMILES string of the molecule is CCCCCN(CCCCC)CC(C)NC(=O)c1cc(-c2ccc3c(c2)OCO3)n[nH]1. The van der Waals surface area contributed by atoms with Crippen LogP contribution in [0.15, 0.2) is 24.3 Å². The molecule has 0 radical (unpaired) electrons. The second-order valence-corrected chi connectivity index (χ2v) is 8.32. The molecule has 1 aromatic heterocycles. The van der Waals surface area contributed by atoms with Gasteiger partial charge in [0.2, 0.25) is 6.79 Å².